The van der Waals surface area contributed by atoms with Crippen molar-refractivity contribution in [2.45, 2.75) is 37.7 Å². The molecule has 0 saturated heterocycles. The van der Waals surface area contributed by atoms with Crippen LogP contribution in [-0.4, -0.2) is 30.5 Å². The van der Waals surface area contributed by atoms with Crippen molar-refractivity contribution in [2.24, 2.45) is 5.92 Å². The normalized spacial score (nSPS) is 21.7. The van der Waals surface area contributed by atoms with Crippen molar-refractivity contribution in [3.05, 3.63) is 59.7 Å². The number of benzene rings is 2. The van der Waals surface area contributed by atoms with Gasteiger partial charge in [0, 0.05) is 12.5 Å². The Morgan fingerprint density at radius 1 is 1.04 bits per heavy atom. The Morgan fingerprint density at radius 3 is 2.35 bits per heavy atom. The van der Waals surface area contributed by atoms with E-state index in [1.54, 1.807) is 0 Å². The Kier molecular flexibility index (Phi) is 4.93. The molecule has 0 spiro atoms. The Labute approximate surface area is 154 Å². The first-order valence-electron chi connectivity index (χ1n) is 9.49. The van der Waals surface area contributed by atoms with Gasteiger partial charge >= 0.3 is 6.09 Å². The van der Waals surface area contributed by atoms with Gasteiger partial charge in [0.1, 0.15) is 6.61 Å². The van der Waals surface area contributed by atoms with E-state index >= 15 is 0 Å². The quantitative estimate of drug-likeness (QED) is 0.873. The van der Waals surface area contributed by atoms with Crippen LogP contribution in [0.1, 0.15) is 42.7 Å². The third-order valence-electron chi connectivity index (χ3n) is 5.63. The van der Waals surface area contributed by atoms with Crippen molar-refractivity contribution in [3.63, 3.8) is 0 Å². The molecule has 0 heterocycles. The van der Waals surface area contributed by atoms with Gasteiger partial charge in [-0.25, -0.2) is 4.79 Å². The van der Waals surface area contributed by atoms with Crippen LogP contribution in [-0.2, 0) is 4.74 Å². The van der Waals surface area contributed by atoms with Crippen molar-refractivity contribution in [1.82, 2.24) is 5.32 Å². The van der Waals surface area contributed by atoms with E-state index in [-0.39, 0.29) is 18.1 Å². The molecule has 4 nitrogen and oxygen atoms in total. The van der Waals surface area contributed by atoms with Crippen LogP contribution in [0.3, 0.4) is 0 Å². The smallest absolute Gasteiger partial charge is 0.407 e. The highest BCUT2D eigenvalue weighted by molar-refractivity contribution is 5.79. The Balaban J connectivity index is 1.36. The summed E-state index contributed by atoms with van der Waals surface area (Å²) >= 11 is 0. The lowest BCUT2D eigenvalue weighted by molar-refractivity contribution is 0.0971. The molecule has 2 unspecified atom stereocenters. The fourth-order valence-electron chi connectivity index (χ4n) is 4.33. The van der Waals surface area contributed by atoms with E-state index in [1.807, 2.05) is 24.3 Å². The van der Waals surface area contributed by atoms with Crippen molar-refractivity contribution in [1.29, 1.82) is 0 Å². The number of ether oxygens (including phenoxy) is 1. The molecule has 0 bridgehead atoms. The molecule has 1 saturated carbocycles. The first-order chi connectivity index (χ1) is 12.7. The monoisotopic (exact) mass is 351 g/mol. The first-order valence-corrected chi connectivity index (χ1v) is 9.49. The number of fused-ring (bicyclic) bond motifs is 3. The average molecular weight is 351 g/mol. The Hall–Kier alpha value is -2.33. The van der Waals surface area contributed by atoms with Crippen molar-refractivity contribution in [2.75, 3.05) is 13.2 Å². The van der Waals surface area contributed by atoms with Gasteiger partial charge in [-0.3, -0.25) is 0 Å². The SMILES string of the molecule is O=C(NCC1CCCC(O)C1)OCC1c2ccccc2-c2ccccc21. The molecule has 136 valence electrons. The fourth-order valence-corrected chi connectivity index (χ4v) is 4.33. The minimum absolute atomic E-state index is 0.0876. The highest BCUT2D eigenvalue weighted by atomic mass is 16.5. The molecule has 0 aromatic heterocycles. The van der Waals surface area contributed by atoms with E-state index in [9.17, 15) is 9.90 Å². The van der Waals surface area contributed by atoms with E-state index in [4.69, 9.17) is 4.74 Å². The number of alkyl carbamates (subject to hydrolysis) is 1. The number of amides is 1. The van der Waals surface area contributed by atoms with Gasteiger partial charge in [-0.15, -0.1) is 0 Å². The number of hydrogen-bond donors (Lipinski definition) is 2. The van der Waals surface area contributed by atoms with E-state index in [0.717, 1.165) is 25.7 Å². The van der Waals surface area contributed by atoms with Crippen LogP contribution in [0.5, 0.6) is 0 Å². The zero-order chi connectivity index (χ0) is 17.9. The summed E-state index contributed by atoms with van der Waals surface area (Å²) in [5.74, 6) is 0.434. The molecule has 2 aromatic carbocycles. The number of carbonyl (C=O) groups is 1. The van der Waals surface area contributed by atoms with Crippen LogP contribution < -0.4 is 5.32 Å². The van der Waals surface area contributed by atoms with Gasteiger partial charge in [-0.2, -0.15) is 0 Å². The van der Waals surface area contributed by atoms with E-state index < -0.39 is 0 Å². The molecular formula is C22H25NO3. The molecule has 2 atom stereocenters. The Bertz CT molecular complexity index is 743. The van der Waals surface area contributed by atoms with Crippen LogP contribution in [0.15, 0.2) is 48.5 Å². The molecule has 26 heavy (non-hydrogen) atoms. The fraction of sp³-hybridized carbons (Fsp3) is 0.409. The molecule has 0 aliphatic heterocycles. The molecule has 1 fully saturated rings. The van der Waals surface area contributed by atoms with Gasteiger partial charge in [0.2, 0.25) is 0 Å². The maximum absolute atomic E-state index is 12.2. The topological polar surface area (TPSA) is 58.6 Å². The zero-order valence-electron chi connectivity index (χ0n) is 14.9. The summed E-state index contributed by atoms with van der Waals surface area (Å²) in [5, 5.41) is 12.6. The van der Waals surface area contributed by atoms with Gasteiger partial charge in [-0.1, -0.05) is 55.0 Å². The second-order valence-corrected chi connectivity index (χ2v) is 7.39. The van der Waals surface area contributed by atoms with Crippen molar-refractivity contribution < 1.29 is 14.6 Å². The average Bonchev–Trinajstić information content (AvgIpc) is 2.99. The number of hydrogen-bond acceptors (Lipinski definition) is 3. The summed E-state index contributed by atoms with van der Waals surface area (Å²) in [7, 11) is 0. The summed E-state index contributed by atoms with van der Waals surface area (Å²) in [4.78, 5) is 12.2. The minimum atomic E-state index is -0.369. The summed E-state index contributed by atoms with van der Waals surface area (Å²) in [6, 6.07) is 16.6. The number of rotatable bonds is 4. The lowest BCUT2D eigenvalue weighted by Gasteiger charge is -2.25. The highest BCUT2D eigenvalue weighted by Crippen LogP contribution is 2.44. The number of aliphatic hydroxyl groups is 1. The summed E-state index contributed by atoms with van der Waals surface area (Å²) in [6.45, 7) is 0.918. The molecule has 1 amide bonds. The summed E-state index contributed by atoms with van der Waals surface area (Å²) in [5.41, 5.74) is 4.90. The van der Waals surface area contributed by atoms with Crippen molar-refractivity contribution in [3.8, 4) is 11.1 Å². The molecule has 2 N–H and O–H groups in total. The largest absolute Gasteiger partial charge is 0.449 e. The highest BCUT2D eigenvalue weighted by Gasteiger charge is 2.29. The molecule has 4 heteroatoms. The van der Waals surface area contributed by atoms with Crippen LogP contribution in [0, 0.1) is 5.92 Å². The second kappa shape index (κ2) is 7.50. The van der Waals surface area contributed by atoms with Gasteiger partial charge < -0.3 is 15.2 Å². The van der Waals surface area contributed by atoms with Crippen LogP contribution >= 0.6 is 0 Å². The standard InChI is InChI=1S/C22H25NO3/c24-16-7-5-6-15(12-16)13-23-22(25)26-14-21-19-10-3-1-8-17(19)18-9-2-4-11-20(18)21/h1-4,8-11,15-16,21,24H,5-7,12-14H2,(H,23,25). The summed E-state index contributed by atoms with van der Waals surface area (Å²) in [6.07, 6.45) is 3.13. The van der Waals surface area contributed by atoms with Gasteiger partial charge in [0.25, 0.3) is 0 Å². The van der Waals surface area contributed by atoms with Crippen molar-refractivity contribution >= 4 is 6.09 Å². The Morgan fingerprint density at radius 2 is 1.69 bits per heavy atom. The van der Waals surface area contributed by atoms with Crippen LogP contribution in [0.25, 0.3) is 11.1 Å². The lowest BCUT2D eigenvalue weighted by Crippen LogP contribution is -2.33. The number of nitrogens with one attached hydrogen (secondary N) is 1. The predicted octanol–water partition coefficient (Wildman–Crippen LogP) is 4.08. The molecule has 2 aromatic rings. The predicted molar refractivity (Wildman–Crippen MR) is 101 cm³/mol. The third kappa shape index (κ3) is 3.47. The maximum atomic E-state index is 12.2. The van der Waals surface area contributed by atoms with Crippen LogP contribution in [0.4, 0.5) is 4.79 Å². The third-order valence-corrected chi connectivity index (χ3v) is 5.63. The van der Waals surface area contributed by atoms with E-state index in [2.05, 4.69) is 29.6 Å². The van der Waals surface area contributed by atoms with Crippen LogP contribution in [0.2, 0.25) is 0 Å². The molecule has 4 rings (SSSR count). The number of carbonyl (C=O) groups excluding carboxylic acids is 1. The molecule has 0 radical (unpaired) electrons. The molecular weight excluding hydrogens is 326 g/mol. The summed E-state index contributed by atoms with van der Waals surface area (Å²) < 4.78 is 5.55. The molecule has 2 aliphatic carbocycles. The second-order valence-electron chi connectivity index (χ2n) is 7.39. The zero-order valence-corrected chi connectivity index (χ0v) is 14.9. The first kappa shape index (κ1) is 17.1. The minimum Gasteiger partial charge on any atom is -0.449 e. The van der Waals surface area contributed by atoms with Gasteiger partial charge in [-0.05, 0) is 47.4 Å². The molecule has 2 aliphatic rings. The lowest BCUT2D eigenvalue weighted by atomic mass is 9.87. The van der Waals surface area contributed by atoms with Gasteiger partial charge in [0.05, 0.1) is 6.10 Å². The number of aliphatic hydroxyl groups excluding tert-OH is 1. The van der Waals surface area contributed by atoms with Gasteiger partial charge in [0.15, 0.2) is 0 Å². The maximum Gasteiger partial charge on any atom is 0.407 e. The van der Waals surface area contributed by atoms with E-state index in [1.165, 1.54) is 22.3 Å². The van der Waals surface area contributed by atoms with E-state index in [0.29, 0.717) is 19.1 Å².